The monoisotopic (exact) mass is 332 g/mol. The molecule has 2 aromatic rings. The van der Waals surface area contributed by atoms with E-state index in [-0.39, 0.29) is 11.9 Å². The summed E-state index contributed by atoms with van der Waals surface area (Å²) in [5, 5.41) is 3.31. The number of anilines is 1. The first-order chi connectivity index (χ1) is 10.9. The third-order valence-corrected chi connectivity index (χ3v) is 4.06. The van der Waals surface area contributed by atoms with Crippen LogP contribution in [0.25, 0.3) is 0 Å². The van der Waals surface area contributed by atoms with E-state index in [4.69, 9.17) is 22.1 Å². The molecule has 122 valence electrons. The Labute approximate surface area is 141 Å². The van der Waals surface area contributed by atoms with E-state index in [1.165, 1.54) is 24.3 Å². The number of nitrogens with one attached hydrogen (secondary N) is 1. The molecule has 2 aromatic carbocycles. The van der Waals surface area contributed by atoms with Crippen molar-refractivity contribution in [3.8, 4) is 5.75 Å². The molecule has 0 aromatic heterocycles. The number of methoxy groups -OCH3 is 1. The van der Waals surface area contributed by atoms with Crippen molar-refractivity contribution in [3.63, 3.8) is 0 Å². The fourth-order valence-corrected chi connectivity index (χ4v) is 2.60. The van der Waals surface area contributed by atoms with Crippen molar-refractivity contribution >= 4 is 23.2 Å². The fraction of sp³-hybridized carbons (Fsp3) is 0.278. The van der Waals surface area contributed by atoms with E-state index in [0.29, 0.717) is 22.0 Å². The van der Waals surface area contributed by atoms with Crippen LogP contribution in [0.1, 0.15) is 28.4 Å². The summed E-state index contributed by atoms with van der Waals surface area (Å²) in [6.45, 7) is 4.03. The smallest absolute Gasteiger partial charge is 0.255 e. The standard InChI is InChI=1S/C18H21ClN2O2/c1-11-6-4-5-7-13(11)8-12(2)21-18(22)14-9-15(19)16(20)10-17(14)23-3/h4-7,9-10,12H,8,20H2,1-3H3,(H,21,22). The van der Waals surface area contributed by atoms with Crippen LogP contribution in [0.4, 0.5) is 5.69 Å². The predicted molar refractivity (Wildman–Crippen MR) is 94.2 cm³/mol. The molecule has 1 unspecified atom stereocenters. The van der Waals surface area contributed by atoms with Crippen molar-refractivity contribution in [2.75, 3.05) is 12.8 Å². The molecular weight excluding hydrogens is 312 g/mol. The number of rotatable bonds is 5. The summed E-state index contributed by atoms with van der Waals surface area (Å²) in [6.07, 6.45) is 0.753. The molecule has 0 fully saturated rings. The second kappa shape index (κ2) is 7.38. The van der Waals surface area contributed by atoms with E-state index >= 15 is 0 Å². The Bertz CT molecular complexity index is 716. The Kier molecular flexibility index (Phi) is 5.50. The second-order valence-electron chi connectivity index (χ2n) is 5.58. The van der Waals surface area contributed by atoms with Gasteiger partial charge in [0, 0.05) is 12.1 Å². The number of aryl methyl sites for hydroxylation is 1. The maximum Gasteiger partial charge on any atom is 0.255 e. The average Bonchev–Trinajstić information content (AvgIpc) is 2.51. The van der Waals surface area contributed by atoms with Gasteiger partial charge in [0.05, 0.1) is 23.4 Å². The maximum atomic E-state index is 12.5. The van der Waals surface area contributed by atoms with Crippen LogP contribution in [0.15, 0.2) is 36.4 Å². The minimum atomic E-state index is -0.232. The van der Waals surface area contributed by atoms with Crippen LogP contribution in [0.3, 0.4) is 0 Å². The largest absolute Gasteiger partial charge is 0.496 e. The molecule has 2 rings (SSSR count). The number of hydrogen-bond donors (Lipinski definition) is 2. The average molecular weight is 333 g/mol. The summed E-state index contributed by atoms with van der Waals surface area (Å²) in [5.74, 6) is 0.178. The number of nitrogens with two attached hydrogens (primary N) is 1. The van der Waals surface area contributed by atoms with Gasteiger partial charge in [0.15, 0.2) is 0 Å². The molecule has 5 heteroatoms. The van der Waals surface area contributed by atoms with Gasteiger partial charge in [-0.05, 0) is 37.5 Å². The summed E-state index contributed by atoms with van der Waals surface area (Å²) in [6, 6.07) is 11.2. The predicted octanol–water partition coefficient (Wildman–Crippen LogP) is 3.60. The molecule has 0 aliphatic heterocycles. The van der Waals surface area contributed by atoms with Gasteiger partial charge in [-0.3, -0.25) is 4.79 Å². The summed E-state index contributed by atoms with van der Waals surface area (Å²) in [4.78, 5) is 12.5. The van der Waals surface area contributed by atoms with Crippen LogP contribution in [-0.4, -0.2) is 19.1 Å². The third-order valence-electron chi connectivity index (χ3n) is 3.73. The van der Waals surface area contributed by atoms with Gasteiger partial charge in [-0.1, -0.05) is 35.9 Å². The lowest BCUT2D eigenvalue weighted by Gasteiger charge is -2.17. The molecular formula is C18H21ClN2O2. The Morgan fingerprint density at radius 2 is 2.04 bits per heavy atom. The van der Waals surface area contributed by atoms with Gasteiger partial charge in [0.2, 0.25) is 0 Å². The number of hydrogen-bond acceptors (Lipinski definition) is 3. The molecule has 0 saturated heterocycles. The third kappa shape index (κ3) is 4.17. The molecule has 0 bridgehead atoms. The minimum Gasteiger partial charge on any atom is -0.496 e. The number of nitrogen functional groups attached to an aromatic ring is 1. The van der Waals surface area contributed by atoms with Crippen LogP contribution in [0, 0.1) is 6.92 Å². The van der Waals surface area contributed by atoms with Crippen LogP contribution in [-0.2, 0) is 6.42 Å². The van der Waals surface area contributed by atoms with E-state index < -0.39 is 0 Å². The molecule has 0 aliphatic carbocycles. The highest BCUT2D eigenvalue weighted by Crippen LogP contribution is 2.28. The quantitative estimate of drug-likeness (QED) is 0.822. The molecule has 23 heavy (non-hydrogen) atoms. The zero-order chi connectivity index (χ0) is 17.0. The van der Waals surface area contributed by atoms with Crippen LogP contribution < -0.4 is 15.8 Å². The lowest BCUT2D eigenvalue weighted by atomic mass is 10.0. The highest BCUT2D eigenvalue weighted by Gasteiger charge is 2.17. The van der Waals surface area contributed by atoms with E-state index in [0.717, 1.165) is 6.42 Å². The van der Waals surface area contributed by atoms with Gasteiger partial charge in [-0.15, -0.1) is 0 Å². The molecule has 3 N–H and O–H groups in total. The van der Waals surface area contributed by atoms with Crippen LogP contribution in [0.2, 0.25) is 5.02 Å². The second-order valence-corrected chi connectivity index (χ2v) is 5.99. The number of carbonyl (C=O) groups excluding carboxylic acids is 1. The molecule has 0 aliphatic rings. The zero-order valence-electron chi connectivity index (χ0n) is 13.5. The molecule has 0 heterocycles. The number of halogens is 1. The van der Waals surface area contributed by atoms with Crippen molar-refractivity contribution in [2.24, 2.45) is 0 Å². The first-order valence-electron chi connectivity index (χ1n) is 7.40. The maximum absolute atomic E-state index is 12.5. The van der Waals surface area contributed by atoms with Gasteiger partial charge in [-0.25, -0.2) is 0 Å². The summed E-state index contributed by atoms with van der Waals surface area (Å²) in [7, 11) is 1.50. The van der Waals surface area contributed by atoms with Gasteiger partial charge in [0.1, 0.15) is 5.75 Å². The Balaban J connectivity index is 2.13. The van der Waals surface area contributed by atoms with E-state index in [9.17, 15) is 4.79 Å². The van der Waals surface area contributed by atoms with E-state index in [1.54, 1.807) is 6.07 Å². The van der Waals surface area contributed by atoms with Crippen molar-refractivity contribution < 1.29 is 9.53 Å². The molecule has 0 radical (unpaired) electrons. The molecule has 4 nitrogen and oxygen atoms in total. The fourth-order valence-electron chi connectivity index (χ4n) is 2.44. The highest BCUT2D eigenvalue weighted by molar-refractivity contribution is 6.33. The topological polar surface area (TPSA) is 64.3 Å². The number of amides is 1. The van der Waals surface area contributed by atoms with Gasteiger partial charge in [0.25, 0.3) is 5.91 Å². The molecule has 1 atom stereocenters. The number of ether oxygens (including phenoxy) is 1. The van der Waals surface area contributed by atoms with Crippen LogP contribution in [0.5, 0.6) is 5.75 Å². The minimum absolute atomic E-state index is 0.0235. The van der Waals surface area contributed by atoms with E-state index in [2.05, 4.69) is 24.4 Å². The first kappa shape index (κ1) is 17.2. The van der Waals surface area contributed by atoms with Crippen molar-refractivity contribution in [1.82, 2.24) is 5.32 Å². The van der Waals surface area contributed by atoms with E-state index in [1.807, 2.05) is 19.1 Å². The lowest BCUT2D eigenvalue weighted by Crippen LogP contribution is -2.34. The Morgan fingerprint density at radius 3 is 2.70 bits per heavy atom. The summed E-state index contributed by atoms with van der Waals surface area (Å²) in [5.41, 5.74) is 8.92. The van der Waals surface area contributed by atoms with Gasteiger partial charge in [-0.2, -0.15) is 0 Å². The van der Waals surface area contributed by atoms with Crippen LogP contribution >= 0.6 is 11.6 Å². The summed E-state index contributed by atoms with van der Waals surface area (Å²) >= 11 is 6.01. The normalized spacial score (nSPS) is 11.8. The summed E-state index contributed by atoms with van der Waals surface area (Å²) < 4.78 is 5.22. The number of carbonyl (C=O) groups is 1. The first-order valence-corrected chi connectivity index (χ1v) is 7.78. The van der Waals surface area contributed by atoms with Gasteiger partial charge >= 0.3 is 0 Å². The van der Waals surface area contributed by atoms with Gasteiger partial charge < -0.3 is 15.8 Å². The van der Waals surface area contributed by atoms with Crippen molar-refractivity contribution in [2.45, 2.75) is 26.3 Å². The number of benzene rings is 2. The van der Waals surface area contributed by atoms with Crippen molar-refractivity contribution in [1.29, 1.82) is 0 Å². The molecule has 0 spiro atoms. The van der Waals surface area contributed by atoms with Crippen molar-refractivity contribution in [3.05, 3.63) is 58.1 Å². The lowest BCUT2D eigenvalue weighted by molar-refractivity contribution is 0.0937. The molecule has 1 amide bonds. The Morgan fingerprint density at radius 1 is 1.35 bits per heavy atom. The molecule has 0 saturated carbocycles. The zero-order valence-corrected chi connectivity index (χ0v) is 14.3. The SMILES string of the molecule is COc1cc(N)c(Cl)cc1C(=O)NC(C)Cc1ccccc1C. The highest BCUT2D eigenvalue weighted by atomic mass is 35.5. The Hall–Kier alpha value is -2.20.